The van der Waals surface area contributed by atoms with Crippen LogP contribution in [-0.2, 0) is 14.3 Å². The third-order valence-electron chi connectivity index (χ3n) is 7.09. The lowest BCUT2D eigenvalue weighted by atomic mass is 9.84. The Morgan fingerprint density at radius 1 is 1.00 bits per heavy atom. The van der Waals surface area contributed by atoms with Gasteiger partial charge in [0.1, 0.15) is 6.61 Å². The highest BCUT2D eigenvalue weighted by Gasteiger charge is 2.24. The number of rotatable bonds is 8. The van der Waals surface area contributed by atoms with E-state index in [-0.39, 0.29) is 12.5 Å². The Bertz CT molecular complexity index is 1120. The fraction of sp³-hybridized carbons (Fsp3) is 0.538. The molecule has 0 unspecified atom stereocenters. The van der Waals surface area contributed by atoms with Crippen molar-refractivity contribution < 1.29 is 14.3 Å². The summed E-state index contributed by atoms with van der Waals surface area (Å²) in [4.78, 5) is 25.4. The van der Waals surface area contributed by atoms with E-state index in [4.69, 9.17) is 14.6 Å². The van der Waals surface area contributed by atoms with Crippen LogP contribution in [0.4, 0.5) is 5.95 Å². The second-order valence-corrected chi connectivity index (χ2v) is 9.32. The minimum absolute atomic E-state index is 0.00402. The molecule has 2 aromatic heterocycles. The number of methoxy groups -OCH3 is 1. The molecule has 0 N–H and O–H groups in total. The van der Waals surface area contributed by atoms with Gasteiger partial charge in [-0.1, -0.05) is 43.5 Å². The molecule has 186 valence electrons. The first-order chi connectivity index (χ1) is 17.2. The van der Waals surface area contributed by atoms with Gasteiger partial charge >= 0.3 is 0 Å². The van der Waals surface area contributed by atoms with E-state index in [1.807, 2.05) is 15.5 Å². The summed E-state index contributed by atoms with van der Waals surface area (Å²) in [7, 11) is 1.62. The molecule has 3 heterocycles. The smallest absolute Gasteiger partial charge is 0.254 e. The Balaban J connectivity index is 1.25. The van der Waals surface area contributed by atoms with Crippen LogP contribution in [0.15, 0.2) is 36.5 Å². The van der Waals surface area contributed by atoms with Gasteiger partial charge in [-0.3, -0.25) is 4.79 Å². The van der Waals surface area contributed by atoms with Crippen LogP contribution in [0.2, 0.25) is 0 Å². The van der Waals surface area contributed by atoms with Crippen molar-refractivity contribution in [2.75, 3.05) is 58.0 Å². The normalized spacial score (nSPS) is 17.3. The molecule has 1 amide bonds. The molecule has 1 saturated carbocycles. The van der Waals surface area contributed by atoms with Crippen LogP contribution in [0, 0.1) is 0 Å². The molecule has 9 heteroatoms. The average molecular weight is 479 g/mol. The monoisotopic (exact) mass is 478 g/mol. The molecule has 0 spiro atoms. The Morgan fingerprint density at radius 2 is 1.77 bits per heavy atom. The predicted octanol–water partition coefficient (Wildman–Crippen LogP) is 3.15. The van der Waals surface area contributed by atoms with Crippen molar-refractivity contribution in [3.05, 3.63) is 42.1 Å². The zero-order valence-corrected chi connectivity index (χ0v) is 20.4. The number of benzene rings is 1. The molecule has 1 aromatic carbocycles. The molecule has 3 aromatic rings. The van der Waals surface area contributed by atoms with E-state index in [9.17, 15) is 4.79 Å². The van der Waals surface area contributed by atoms with Gasteiger partial charge in [-0.25, -0.2) is 4.98 Å². The summed E-state index contributed by atoms with van der Waals surface area (Å²) in [5.74, 6) is 1.92. The summed E-state index contributed by atoms with van der Waals surface area (Å²) < 4.78 is 12.1. The highest BCUT2D eigenvalue weighted by atomic mass is 16.5. The quantitative estimate of drug-likeness (QED) is 0.460. The maximum atomic E-state index is 12.4. The number of amides is 1. The highest BCUT2D eigenvalue weighted by molar-refractivity contribution is 5.77. The number of fused-ring (bicyclic) bond motifs is 1. The van der Waals surface area contributed by atoms with Crippen molar-refractivity contribution in [3.63, 3.8) is 0 Å². The van der Waals surface area contributed by atoms with Crippen LogP contribution in [0.25, 0.3) is 17.0 Å². The second kappa shape index (κ2) is 11.1. The van der Waals surface area contributed by atoms with Crippen molar-refractivity contribution in [1.29, 1.82) is 0 Å². The molecule has 0 bridgehead atoms. The van der Waals surface area contributed by atoms with Gasteiger partial charge in [-0.05, 0) is 30.4 Å². The molecule has 1 aliphatic heterocycles. The van der Waals surface area contributed by atoms with Crippen molar-refractivity contribution >= 4 is 17.6 Å². The lowest BCUT2D eigenvalue weighted by molar-refractivity contribution is -0.136. The van der Waals surface area contributed by atoms with Crippen molar-refractivity contribution in [3.8, 4) is 11.3 Å². The molecule has 9 nitrogen and oxygen atoms in total. The zero-order valence-electron chi connectivity index (χ0n) is 20.4. The van der Waals surface area contributed by atoms with Gasteiger partial charge in [0.25, 0.3) is 5.78 Å². The number of carbonyl (C=O) groups excluding carboxylic acids is 1. The van der Waals surface area contributed by atoms with E-state index in [2.05, 4.69) is 39.1 Å². The lowest BCUT2D eigenvalue weighted by Crippen LogP contribution is -2.50. The minimum atomic E-state index is 0.00402. The molecule has 0 atom stereocenters. The number of hydrogen-bond acceptors (Lipinski definition) is 7. The van der Waals surface area contributed by atoms with Gasteiger partial charge < -0.3 is 19.3 Å². The van der Waals surface area contributed by atoms with Crippen molar-refractivity contribution in [1.82, 2.24) is 24.5 Å². The van der Waals surface area contributed by atoms with E-state index in [1.54, 1.807) is 13.3 Å². The fourth-order valence-corrected chi connectivity index (χ4v) is 5.05. The van der Waals surface area contributed by atoms with Gasteiger partial charge in [0.05, 0.1) is 18.9 Å². The molecular weight excluding hydrogens is 444 g/mol. The summed E-state index contributed by atoms with van der Waals surface area (Å²) in [6, 6.07) is 10.9. The SMILES string of the molecule is COCCOCC(=O)N1CCN(c2nc3nccc(-c4ccc(C5CCCCC5)cc4)n3n2)CC1. The summed E-state index contributed by atoms with van der Waals surface area (Å²) >= 11 is 0. The third-order valence-corrected chi connectivity index (χ3v) is 7.09. The van der Waals surface area contributed by atoms with Gasteiger partial charge in [0.15, 0.2) is 0 Å². The number of ether oxygens (including phenoxy) is 2. The summed E-state index contributed by atoms with van der Waals surface area (Å²) in [5, 5.41) is 4.79. The van der Waals surface area contributed by atoms with Gasteiger partial charge in [-0.15, -0.1) is 5.10 Å². The van der Waals surface area contributed by atoms with Crippen LogP contribution < -0.4 is 4.90 Å². The first kappa shape index (κ1) is 23.7. The molecule has 35 heavy (non-hydrogen) atoms. The van der Waals surface area contributed by atoms with E-state index >= 15 is 0 Å². The van der Waals surface area contributed by atoms with Crippen molar-refractivity contribution in [2.45, 2.75) is 38.0 Å². The van der Waals surface area contributed by atoms with Crippen LogP contribution in [0.5, 0.6) is 0 Å². The minimum Gasteiger partial charge on any atom is -0.382 e. The van der Waals surface area contributed by atoms with Crippen LogP contribution >= 0.6 is 0 Å². The molecule has 5 rings (SSSR count). The molecule has 1 aliphatic carbocycles. The second-order valence-electron chi connectivity index (χ2n) is 9.32. The zero-order chi connectivity index (χ0) is 24.0. The number of carbonyl (C=O) groups is 1. The Hall–Kier alpha value is -3.04. The average Bonchev–Trinajstić information content (AvgIpc) is 3.36. The standard InChI is InChI=1S/C26H34N6O3/c1-34-17-18-35-19-24(33)30-13-15-31(16-14-30)26-28-25-27-12-11-23(32(25)29-26)22-9-7-21(8-10-22)20-5-3-2-4-6-20/h7-12,20H,2-6,13-19H2,1H3. The van der Waals surface area contributed by atoms with Crippen LogP contribution in [0.1, 0.15) is 43.6 Å². The summed E-state index contributed by atoms with van der Waals surface area (Å²) in [6.07, 6.45) is 8.43. The van der Waals surface area contributed by atoms with Gasteiger partial charge in [0.2, 0.25) is 11.9 Å². The maximum absolute atomic E-state index is 12.4. The molecule has 1 saturated heterocycles. The molecule has 0 radical (unpaired) electrons. The predicted molar refractivity (Wildman–Crippen MR) is 134 cm³/mol. The first-order valence-corrected chi connectivity index (χ1v) is 12.6. The fourth-order valence-electron chi connectivity index (χ4n) is 5.05. The largest absolute Gasteiger partial charge is 0.382 e. The lowest BCUT2D eigenvalue weighted by Gasteiger charge is -2.34. The molecule has 2 aliphatic rings. The topological polar surface area (TPSA) is 85.1 Å². The Kier molecular flexibility index (Phi) is 7.54. The Morgan fingerprint density at radius 3 is 2.51 bits per heavy atom. The van der Waals surface area contributed by atoms with Crippen LogP contribution in [-0.4, -0.2) is 83.5 Å². The molecule has 2 fully saturated rings. The van der Waals surface area contributed by atoms with E-state index in [1.165, 1.54) is 37.7 Å². The number of anilines is 1. The highest BCUT2D eigenvalue weighted by Crippen LogP contribution is 2.33. The third kappa shape index (κ3) is 5.46. The summed E-state index contributed by atoms with van der Waals surface area (Å²) in [6.45, 7) is 3.57. The molecular formula is C26H34N6O3. The number of aromatic nitrogens is 4. The van der Waals surface area contributed by atoms with E-state index in [0.29, 0.717) is 57.0 Å². The van der Waals surface area contributed by atoms with Gasteiger partial charge in [-0.2, -0.15) is 9.50 Å². The summed E-state index contributed by atoms with van der Waals surface area (Å²) in [5.41, 5.74) is 3.53. The maximum Gasteiger partial charge on any atom is 0.254 e. The number of hydrogen-bond donors (Lipinski definition) is 0. The first-order valence-electron chi connectivity index (χ1n) is 12.6. The van der Waals surface area contributed by atoms with E-state index < -0.39 is 0 Å². The Labute approximate surface area is 206 Å². The van der Waals surface area contributed by atoms with E-state index in [0.717, 1.165) is 11.3 Å². The van der Waals surface area contributed by atoms with Crippen LogP contribution in [0.3, 0.4) is 0 Å². The number of nitrogens with zero attached hydrogens (tertiary/aromatic N) is 6. The van der Waals surface area contributed by atoms with Gasteiger partial charge in [0, 0.05) is 45.0 Å². The number of piperazine rings is 1. The van der Waals surface area contributed by atoms with Crippen molar-refractivity contribution in [2.24, 2.45) is 0 Å².